The van der Waals surface area contributed by atoms with Gasteiger partial charge < -0.3 is 0 Å². The van der Waals surface area contributed by atoms with Crippen molar-refractivity contribution in [2.24, 2.45) is 0 Å². The second-order valence-corrected chi connectivity index (χ2v) is 1.95. The van der Waals surface area contributed by atoms with Crippen LogP contribution in [0.5, 0.6) is 0 Å². The van der Waals surface area contributed by atoms with E-state index in [2.05, 4.69) is 0 Å². The molecule has 0 heterocycles. The third kappa shape index (κ3) is 3.59. The number of allylic oxidation sites excluding steroid dienone is 2. The number of carbonyl (C=O) groups is 1. The van der Waals surface area contributed by atoms with E-state index in [0.717, 1.165) is 12.0 Å². The number of ketones is 1. The molecule has 0 aromatic carbocycles. The fourth-order valence-corrected chi connectivity index (χ4v) is 0.449. The van der Waals surface area contributed by atoms with E-state index in [9.17, 15) is 4.79 Å². The molecule has 46 valence electrons. The van der Waals surface area contributed by atoms with Gasteiger partial charge in [0.1, 0.15) is 0 Å². The minimum absolute atomic E-state index is 0.143. The van der Waals surface area contributed by atoms with Crippen LogP contribution in [0.1, 0.15) is 27.2 Å². The fraction of sp³-hybridized carbons (Fsp3) is 0.571. The van der Waals surface area contributed by atoms with E-state index in [1.165, 1.54) is 0 Å². The highest BCUT2D eigenvalue weighted by molar-refractivity contribution is 5.87. The fourth-order valence-electron chi connectivity index (χ4n) is 0.449. The molecular weight excluding hydrogens is 100 g/mol. The van der Waals surface area contributed by atoms with Gasteiger partial charge in [0.15, 0.2) is 5.78 Å². The van der Waals surface area contributed by atoms with Crippen LogP contribution in [0.15, 0.2) is 11.6 Å². The van der Waals surface area contributed by atoms with Crippen molar-refractivity contribution in [1.29, 1.82) is 0 Å². The monoisotopic (exact) mass is 112 g/mol. The normalized spacial score (nSPS) is 11.6. The summed E-state index contributed by atoms with van der Waals surface area (Å²) < 4.78 is 0. The van der Waals surface area contributed by atoms with Gasteiger partial charge in [-0.25, -0.2) is 0 Å². The van der Waals surface area contributed by atoms with Gasteiger partial charge >= 0.3 is 0 Å². The first-order valence-electron chi connectivity index (χ1n) is 2.84. The molecule has 0 bridgehead atoms. The van der Waals surface area contributed by atoms with Crippen molar-refractivity contribution in [2.45, 2.75) is 27.2 Å². The summed E-state index contributed by atoms with van der Waals surface area (Å²) in [6.07, 6.45) is 2.64. The van der Waals surface area contributed by atoms with Crippen molar-refractivity contribution < 1.29 is 4.79 Å². The van der Waals surface area contributed by atoms with Gasteiger partial charge in [-0.2, -0.15) is 0 Å². The Balaban J connectivity index is 3.75. The maximum atomic E-state index is 10.3. The van der Waals surface area contributed by atoms with E-state index in [1.807, 2.05) is 13.8 Å². The third-order valence-electron chi connectivity index (χ3n) is 1.01. The minimum atomic E-state index is 0.143. The standard InChI is InChI=1S/C7H12O/c1-4-6(2)5-7(3)8/h5H,4H2,1-3H3/b6-5-. The van der Waals surface area contributed by atoms with Crippen molar-refractivity contribution in [3.8, 4) is 0 Å². The molecule has 0 fully saturated rings. The summed E-state index contributed by atoms with van der Waals surface area (Å²) in [7, 11) is 0. The van der Waals surface area contributed by atoms with Gasteiger partial charge in [-0.05, 0) is 26.3 Å². The van der Waals surface area contributed by atoms with Gasteiger partial charge in [-0.1, -0.05) is 12.5 Å². The Bertz CT molecular complexity index is 112. The van der Waals surface area contributed by atoms with Crippen molar-refractivity contribution in [3.63, 3.8) is 0 Å². The lowest BCUT2D eigenvalue weighted by atomic mass is 10.2. The molecular formula is C7H12O. The summed E-state index contributed by atoms with van der Waals surface area (Å²) in [5, 5.41) is 0. The van der Waals surface area contributed by atoms with Crippen molar-refractivity contribution in [1.82, 2.24) is 0 Å². The van der Waals surface area contributed by atoms with Gasteiger partial charge in [0.05, 0.1) is 0 Å². The van der Waals surface area contributed by atoms with Crippen LogP contribution in [-0.4, -0.2) is 5.78 Å². The average molecular weight is 112 g/mol. The summed E-state index contributed by atoms with van der Waals surface area (Å²) in [5.74, 6) is 0.143. The Morgan fingerprint density at radius 3 is 2.12 bits per heavy atom. The van der Waals surface area contributed by atoms with Crippen LogP contribution in [-0.2, 0) is 4.79 Å². The molecule has 0 saturated heterocycles. The van der Waals surface area contributed by atoms with Gasteiger partial charge in [0, 0.05) is 0 Å². The molecule has 0 aliphatic rings. The van der Waals surface area contributed by atoms with E-state index in [4.69, 9.17) is 0 Å². The molecule has 0 saturated carbocycles. The molecule has 0 atom stereocenters. The summed E-state index contributed by atoms with van der Waals surface area (Å²) in [6.45, 7) is 5.56. The van der Waals surface area contributed by atoms with Crippen LogP contribution in [0.3, 0.4) is 0 Å². The highest BCUT2D eigenvalue weighted by atomic mass is 16.1. The summed E-state index contributed by atoms with van der Waals surface area (Å²) >= 11 is 0. The second kappa shape index (κ2) is 3.42. The number of rotatable bonds is 2. The number of hydrogen-bond acceptors (Lipinski definition) is 1. The van der Waals surface area contributed by atoms with Crippen LogP contribution < -0.4 is 0 Å². The van der Waals surface area contributed by atoms with Gasteiger partial charge in [0.25, 0.3) is 0 Å². The zero-order valence-corrected chi connectivity index (χ0v) is 5.69. The van der Waals surface area contributed by atoms with Crippen molar-refractivity contribution in [3.05, 3.63) is 11.6 Å². The van der Waals surface area contributed by atoms with Gasteiger partial charge in [-0.3, -0.25) is 4.79 Å². The molecule has 0 radical (unpaired) electrons. The highest BCUT2D eigenvalue weighted by Gasteiger charge is 1.85. The topological polar surface area (TPSA) is 17.1 Å². The Morgan fingerprint density at radius 2 is 2.00 bits per heavy atom. The predicted molar refractivity (Wildman–Crippen MR) is 34.7 cm³/mol. The number of hydrogen-bond donors (Lipinski definition) is 0. The SMILES string of the molecule is CC/C(C)=C\C(C)=O. The van der Waals surface area contributed by atoms with E-state index in [1.54, 1.807) is 13.0 Å². The van der Waals surface area contributed by atoms with E-state index < -0.39 is 0 Å². The van der Waals surface area contributed by atoms with Crippen molar-refractivity contribution in [2.75, 3.05) is 0 Å². The highest BCUT2D eigenvalue weighted by Crippen LogP contribution is 1.96. The quantitative estimate of drug-likeness (QED) is 0.499. The first-order chi connectivity index (χ1) is 3.66. The van der Waals surface area contributed by atoms with Gasteiger partial charge in [-0.15, -0.1) is 0 Å². The zero-order chi connectivity index (χ0) is 6.57. The predicted octanol–water partition coefficient (Wildman–Crippen LogP) is 1.93. The summed E-state index contributed by atoms with van der Waals surface area (Å²) in [6, 6.07) is 0. The minimum Gasteiger partial charge on any atom is -0.295 e. The van der Waals surface area contributed by atoms with E-state index >= 15 is 0 Å². The molecule has 0 N–H and O–H groups in total. The molecule has 0 aliphatic carbocycles. The molecule has 0 amide bonds. The third-order valence-corrected chi connectivity index (χ3v) is 1.01. The molecule has 0 spiro atoms. The molecule has 0 aliphatic heterocycles. The Morgan fingerprint density at radius 1 is 1.50 bits per heavy atom. The maximum Gasteiger partial charge on any atom is 0.152 e. The van der Waals surface area contributed by atoms with Crippen LogP contribution in [0.25, 0.3) is 0 Å². The summed E-state index contributed by atoms with van der Waals surface area (Å²) in [5.41, 5.74) is 1.15. The zero-order valence-electron chi connectivity index (χ0n) is 5.69. The second-order valence-electron chi connectivity index (χ2n) is 1.95. The Kier molecular flexibility index (Phi) is 3.16. The van der Waals surface area contributed by atoms with Crippen molar-refractivity contribution >= 4 is 5.78 Å². The molecule has 1 heteroatoms. The lowest BCUT2D eigenvalue weighted by Crippen LogP contribution is -1.83. The first-order valence-corrected chi connectivity index (χ1v) is 2.84. The molecule has 8 heavy (non-hydrogen) atoms. The molecule has 0 unspecified atom stereocenters. The maximum absolute atomic E-state index is 10.3. The van der Waals surface area contributed by atoms with Crippen LogP contribution in [0.2, 0.25) is 0 Å². The van der Waals surface area contributed by atoms with Crippen LogP contribution in [0, 0.1) is 0 Å². The van der Waals surface area contributed by atoms with E-state index in [-0.39, 0.29) is 5.78 Å². The van der Waals surface area contributed by atoms with Crippen LogP contribution >= 0.6 is 0 Å². The van der Waals surface area contributed by atoms with E-state index in [0.29, 0.717) is 0 Å². The summed E-state index contributed by atoms with van der Waals surface area (Å²) in [4.78, 5) is 10.3. The Hall–Kier alpha value is -0.590. The largest absolute Gasteiger partial charge is 0.295 e. The lowest BCUT2D eigenvalue weighted by Gasteiger charge is -1.88. The smallest absolute Gasteiger partial charge is 0.152 e. The first kappa shape index (κ1) is 7.41. The number of carbonyl (C=O) groups excluding carboxylic acids is 1. The molecule has 0 rings (SSSR count). The average Bonchev–Trinajstić information content (AvgIpc) is 1.65. The van der Waals surface area contributed by atoms with Crippen LogP contribution in [0.4, 0.5) is 0 Å². The Labute approximate surface area is 50.4 Å². The molecule has 1 nitrogen and oxygen atoms in total. The molecule has 0 aromatic heterocycles. The lowest BCUT2D eigenvalue weighted by molar-refractivity contribution is -0.112. The molecule has 0 aromatic rings. The van der Waals surface area contributed by atoms with Gasteiger partial charge in [0.2, 0.25) is 0 Å².